The number of aromatic nitrogens is 8. The van der Waals surface area contributed by atoms with E-state index >= 15 is 0 Å². The normalized spacial score (nSPS) is 15.9. The van der Waals surface area contributed by atoms with Crippen molar-refractivity contribution in [1.82, 2.24) is 48.2 Å². The number of ether oxygens (including phenoxy) is 4. The quantitative estimate of drug-likeness (QED) is 0.0758. The van der Waals surface area contributed by atoms with E-state index in [1.54, 1.807) is 18.8 Å². The highest BCUT2D eigenvalue weighted by Gasteiger charge is 2.29. The maximum absolute atomic E-state index is 13.6. The molecule has 1 saturated carbocycles. The molecule has 4 aromatic heterocycles. The molecule has 2 aromatic carbocycles. The van der Waals surface area contributed by atoms with Crippen molar-refractivity contribution in [2.75, 3.05) is 77.6 Å². The number of hydrogen-bond donors (Lipinski definition) is 4. The average molecular weight is 873 g/mol. The van der Waals surface area contributed by atoms with Crippen LogP contribution in [0.5, 0.6) is 12.0 Å². The molecular weight excluding hydrogens is 821 g/mol. The van der Waals surface area contributed by atoms with Gasteiger partial charge in [-0.1, -0.05) is 48.5 Å². The molecule has 21 heteroatoms. The fourth-order valence-corrected chi connectivity index (χ4v) is 8.46. The van der Waals surface area contributed by atoms with Crippen LogP contribution in [0.3, 0.4) is 0 Å². The summed E-state index contributed by atoms with van der Waals surface area (Å²) in [5.74, 6) is 0.988. The molecule has 6 aromatic rings. The van der Waals surface area contributed by atoms with E-state index in [4.69, 9.17) is 24.7 Å². The van der Waals surface area contributed by atoms with Gasteiger partial charge < -0.3 is 40.0 Å². The molecule has 5 N–H and O–H groups in total. The van der Waals surface area contributed by atoms with Crippen LogP contribution in [0.4, 0.5) is 11.6 Å². The van der Waals surface area contributed by atoms with Crippen LogP contribution in [0.25, 0.3) is 22.3 Å². The van der Waals surface area contributed by atoms with Crippen LogP contribution < -0.4 is 31.9 Å². The van der Waals surface area contributed by atoms with E-state index in [1.165, 1.54) is 15.1 Å². The van der Waals surface area contributed by atoms with Crippen molar-refractivity contribution in [2.45, 2.75) is 51.5 Å². The molecule has 2 aliphatic rings. The van der Waals surface area contributed by atoms with Gasteiger partial charge >= 0.3 is 23.4 Å². The first-order chi connectivity index (χ1) is 29.9. The SMILES string of the molecule is COCCOc1nc(N)c2[nH]c(=O)n(Cc3ccc(CN4CCC(Nc5nc(OCCOC)nc6c5[nH]c(=O)n6Cc5cccc(CN(CC6CC6)S(C)(=O)=O)c5)C4)cc3)c2n1. The predicted molar refractivity (Wildman–Crippen MR) is 232 cm³/mol. The molecule has 62 heavy (non-hydrogen) atoms. The number of methoxy groups -OCH3 is 2. The Morgan fingerprint density at radius 2 is 1.37 bits per heavy atom. The van der Waals surface area contributed by atoms with Gasteiger partial charge in [-0.05, 0) is 47.4 Å². The van der Waals surface area contributed by atoms with E-state index in [1.807, 2.05) is 36.4 Å². The van der Waals surface area contributed by atoms with Crippen LogP contribution in [-0.2, 0) is 45.7 Å². The largest absolute Gasteiger partial charge is 0.461 e. The summed E-state index contributed by atoms with van der Waals surface area (Å²) in [5, 5.41) is 3.56. The summed E-state index contributed by atoms with van der Waals surface area (Å²) in [6, 6.07) is 15.9. The predicted octanol–water partition coefficient (Wildman–Crippen LogP) is 2.14. The molecule has 1 saturated heterocycles. The number of hydrogen-bond acceptors (Lipinski definition) is 15. The average Bonchev–Trinajstić information content (AvgIpc) is 3.75. The molecule has 1 aliphatic heterocycles. The molecule has 0 spiro atoms. The summed E-state index contributed by atoms with van der Waals surface area (Å²) in [6.07, 6.45) is 4.17. The molecule has 0 bridgehead atoms. The number of nitrogens with one attached hydrogen (secondary N) is 3. The first kappa shape index (κ1) is 42.8. The second kappa shape index (κ2) is 18.6. The highest BCUT2D eigenvalue weighted by atomic mass is 32.2. The molecule has 1 unspecified atom stereocenters. The molecule has 330 valence electrons. The van der Waals surface area contributed by atoms with Crippen molar-refractivity contribution in [3.05, 3.63) is 91.8 Å². The number of nitrogens with two attached hydrogens (primary N) is 1. The minimum atomic E-state index is -3.39. The second-order valence-corrected chi connectivity index (χ2v) is 17.8. The van der Waals surface area contributed by atoms with Crippen molar-refractivity contribution < 1.29 is 27.4 Å². The van der Waals surface area contributed by atoms with E-state index in [0.29, 0.717) is 60.4 Å². The first-order valence-electron chi connectivity index (χ1n) is 20.5. The fourth-order valence-electron chi connectivity index (χ4n) is 7.60. The van der Waals surface area contributed by atoms with Gasteiger partial charge in [0.2, 0.25) is 10.0 Å². The molecule has 1 atom stereocenters. The van der Waals surface area contributed by atoms with E-state index in [-0.39, 0.29) is 68.1 Å². The number of imidazole rings is 2. The van der Waals surface area contributed by atoms with Crippen LogP contribution in [0.1, 0.15) is 41.5 Å². The smallest absolute Gasteiger partial charge is 0.328 e. The molecule has 0 radical (unpaired) electrons. The summed E-state index contributed by atoms with van der Waals surface area (Å²) in [4.78, 5) is 52.4. The lowest BCUT2D eigenvalue weighted by atomic mass is 10.1. The molecule has 2 fully saturated rings. The van der Waals surface area contributed by atoms with Crippen molar-refractivity contribution >= 4 is 44.0 Å². The van der Waals surface area contributed by atoms with Gasteiger partial charge in [-0.2, -0.15) is 24.2 Å². The lowest BCUT2D eigenvalue weighted by Gasteiger charge is -2.20. The number of H-pyrrole nitrogens is 2. The lowest BCUT2D eigenvalue weighted by molar-refractivity contribution is 0.141. The Bertz CT molecular complexity index is 2750. The third-order valence-electron chi connectivity index (χ3n) is 11.0. The van der Waals surface area contributed by atoms with E-state index < -0.39 is 10.0 Å². The maximum Gasteiger partial charge on any atom is 0.328 e. The Hall–Kier alpha value is -5.87. The van der Waals surface area contributed by atoms with Crippen LogP contribution in [0.15, 0.2) is 58.1 Å². The number of benzene rings is 2. The van der Waals surface area contributed by atoms with Crippen LogP contribution in [-0.4, -0.2) is 129 Å². The van der Waals surface area contributed by atoms with Gasteiger partial charge in [0.15, 0.2) is 22.9 Å². The minimum absolute atomic E-state index is 0.0164. The number of rotatable bonds is 21. The van der Waals surface area contributed by atoms with Gasteiger partial charge in [-0.25, -0.2) is 18.0 Å². The van der Waals surface area contributed by atoms with E-state index in [0.717, 1.165) is 54.6 Å². The Balaban J connectivity index is 0.943. The van der Waals surface area contributed by atoms with Gasteiger partial charge in [0.25, 0.3) is 0 Å². The third-order valence-corrected chi connectivity index (χ3v) is 12.2. The van der Waals surface area contributed by atoms with Crippen LogP contribution >= 0.6 is 0 Å². The zero-order valence-corrected chi connectivity index (χ0v) is 35.8. The Morgan fingerprint density at radius 3 is 2.02 bits per heavy atom. The zero-order chi connectivity index (χ0) is 43.4. The molecule has 8 rings (SSSR count). The van der Waals surface area contributed by atoms with E-state index in [2.05, 4.69) is 52.3 Å². The number of nitrogens with zero attached hydrogens (tertiary/aromatic N) is 8. The topological polar surface area (TPSA) is 243 Å². The van der Waals surface area contributed by atoms with Crippen LogP contribution in [0, 0.1) is 5.92 Å². The number of sulfonamides is 1. The number of aromatic amines is 2. The minimum Gasteiger partial charge on any atom is -0.461 e. The first-order valence-corrected chi connectivity index (χ1v) is 22.4. The Kier molecular flexibility index (Phi) is 12.9. The van der Waals surface area contributed by atoms with E-state index in [9.17, 15) is 18.0 Å². The summed E-state index contributed by atoms with van der Waals surface area (Å²) in [6.45, 7) is 4.64. The van der Waals surface area contributed by atoms with Gasteiger partial charge in [0.1, 0.15) is 24.2 Å². The summed E-state index contributed by atoms with van der Waals surface area (Å²) < 4.78 is 51.3. The molecule has 0 amide bonds. The Morgan fingerprint density at radius 1 is 0.774 bits per heavy atom. The van der Waals surface area contributed by atoms with Gasteiger partial charge in [-0.3, -0.25) is 14.0 Å². The molecule has 1 aliphatic carbocycles. The van der Waals surface area contributed by atoms with Crippen molar-refractivity contribution in [1.29, 1.82) is 0 Å². The number of fused-ring (bicyclic) bond motifs is 2. The Labute approximate surface area is 357 Å². The fraction of sp³-hybridized carbons (Fsp3) is 0.463. The number of likely N-dealkylation sites (tertiary alicyclic amines) is 1. The van der Waals surface area contributed by atoms with Crippen molar-refractivity contribution in [3.8, 4) is 12.0 Å². The van der Waals surface area contributed by atoms with Crippen molar-refractivity contribution in [3.63, 3.8) is 0 Å². The summed E-state index contributed by atoms with van der Waals surface area (Å²) in [7, 11) is -0.238. The van der Waals surface area contributed by atoms with Crippen molar-refractivity contribution in [2.24, 2.45) is 5.92 Å². The highest BCUT2D eigenvalue weighted by molar-refractivity contribution is 7.88. The highest BCUT2D eigenvalue weighted by Crippen LogP contribution is 2.31. The lowest BCUT2D eigenvalue weighted by Crippen LogP contribution is -2.31. The van der Waals surface area contributed by atoms with Gasteiger partial charge in [-0.15, -0.1) is 0 Å². The third kappa shape index (κ3) is 10.2. The monoisotopic (exact) mass is 872 g/mol. The van der Waals surface area contributed by atoms with Gasteiger partial charge in [0, 0.05) is 53.0 Å². The standard InChI is InChI=1S/C41H52N12O8S/c1-58-15-17-60-38-46-34(42)32-36(48-38)52(40(54)44-32)23-28-11-7-26(8-12-28)20-50-14-13-31(25-50)43-35-33-37(49-39(47-35)61-18-16-59-2)53(41(55)45-33)24-30-6-4-5-29(19-30)22-51(62(3,56)57)21-27-9-10-27/h4-8,11-12,19,27,31H,9-10,13-18,20-25H2,1-3H3,(H,44,54)(H,45,55)(H2,42,46,48)(H,43,47,49). The van der Waals surface area contributed by atoms with Gasteiger partial charge in [0.05, 0.1) is 32.6 Å². The second-order valence-electron chi connectivity index (χ2n) is 15.9. The zero-order valence-electron chi connectivity index (χ0n) is 35.0. The summed E-state index contributed by atoms with van der Waals surface area (Å²) in [5.41, 5.74) is 10.6. The molecular formula is C41H52N12O8S. The summed E-state index contributed by atoms with van der Waals surface area (Å²) >= 11 is 0. The molecule has 5 heterocycles. The number of anilines is 2. The maximum atomic E-state index is 13.6. The number of nitrogen functional groups attached to an aromatic ring is 1. The van der Waals surface area contributed by atoms with Crippen LogP contribution in [0.2, 0.25) is 0 Å². The molecule has 20 nitrogen and oxygen atoms in total.